The minimum Gasteiger partial charge on any atom is -0.399 e. The molecular weight excluding hydrogens is 202 g/mol. The molecule has 1 heterocycles. The van der Waals surface area contributed by atoms with Gasteiger partial charge in [0, 0.05) is 11.4 Å². The average Bonchev–Trinajstić information content (AvgIpc) is 2.56. The minimum atomic E-state index is 0.00491. The summed E-state index contributed by atoms with van der Waals surface area (Å²) in [7, 11) is 0. The number of anilines is 2. The Kier molecular flexibility index (Phi) is 1.87. The molecule has 0 atom stereocenters. The lowest BCUT2D eigenvalue weighted by molar-refractivity contribution is 0.218. The first kappa shape index (κ1) is 9.51. The number of nitrogen functional groups attached to an aromatic ring is 1. The number of nitrogens with two attached hydrogens (primary N) is 1. The first-order valence-corrected chi connectivity index (χ1v) is 5.64. The Labute approximate surface area is 94.4 Å². The SMILES string of the molecule is Nc1cccc(N2CC3(CCC3)NC2=O)c1. The number of urea groups is 1. The van der Waals surface area contributed by atoms with E-state index in [1.807, 2.05) is 24.3 Å². The van der Waals surface area contributed by atoms with Crippen LogP contribution in [0.3, 0.4) is 0 Å². The van der Waals surface area contributed by atoms with E-state index in [1.165, 1.54) is 6.42 Å². The molecule has 3 N–H and O–H groups in total. The van der Waals surface area contributed by atoms with Crippen molar-refractivity contribution in [3.63, 3.8) is 0 Å². The van der Waals surface area contributed by atoms with Gasteiger partial charge in [-0.05, 0) is 37.5 Å². The molecule has 0 aromatic heterocycles. The highest BCUT2D eigenvalue weighted by Crippen LogP contribution is 2.37. The summed E-state index contributed by atoms with van der Waals surface area (Å²) in [4.78, 5) is 13.7. The van der Waals surface area contributed by atoms with E-state index in [1.54, 1.807) is 4.90 Å². The molecule has 1 aliphatic heterocycles. The van der Waals surface area contributed by atoms with Crippen LogP contribution in [0.1, 0.15) is 19.3 Å². The number of benzene rings is 1. The van der Waals surface area contributed by atoms with E-state index in [0.29, 0.717) is 5.69 Å². The van der Waals surface area contributed by atoms with Crippen molar-refractivity contribution < 1.29 is 4.79 Å². The van der Waals surface area contributed by atoms with Crippen molar-refractivity contribution in [1.29, 1.82) is 0 Å². The number of nitrogens with zero attached hydrogens (tertiary/aromatic N) is 1. The van der Waals surface area contributed by atoms with Crippen LogP contribution in [0.2, 0.25) is 0 Å². The van der Waals surface area contributed by atoms with Gasteiger partial charge in [0.15, 0.2) is 0 Å². The van der Waals surface area contributed by atoms with Crippen molar-refractivity contribution in [1.82, 2.24) is 5.32 Å². The normalized spacial score (nSPS) is 22.0. The smallest absolute Gasteiger partial charge is 0.322 e. The summed E-state index contributed by atoms with van der Waals surface area (Å²) in [6.07, 6.45) is 3.40. The fraction of sp³-hybridized carbons (Fsp3) is 0.417. The Balaban J connectivity index is 1.88. The Bertz CT molecular complexity index is 440. The molecule has 4 heteroatoms. The number of carbonyl (C=O) groups is 1. The van der Waals surface area contributed by atoms with Crippen LogP contribution in [0, 0.1) is 0 Å². The lowest BCUT2D eigenvalue weighted by Gasteiger charge is -2.37. The van der Waals surface area contributed by atoms with Crippen molar-refractivity contribution in [3.05, 3.63) is 24.3 Å². The number of nitrogens with one attached hydrogen (secondary N) is 1. The predicted molar refractivity (Wildman–Crippen MR) is 63.3 cm³/mol. The Hall–Kier alpha value is -1.71. The molecule has 2 amide bonds. The number of hydrogen-bond acceptors (Lipinski definition) is 2. The standard InChI is InChI=1S/C12H15N3O/c13-9-3-1-4-10(7-9)15-8-12(5-2-6-12)14-11(15)16/h1,3-4,7H,2,5-6,8,13H2,(H,14,16). The first-order valence-electron chi connectivity index (χ1n) is 5.64. The highest BCUT2D eigenvalue weighted by atomic mass is 16.2. The van der Waals surface area contributed by atoms with Gasteiger partial charge in [-0.2, -0.15) is 0 Å². The third-order valence-corrected chi connectivity index (χ3v) is 3.57. The lowest BCUT2D eigenvalue weighted by atomic mass is 9.77. The highest BCUT2D eigenvalue weighted by Gasteiger charge is 2.46. The number of carbonyl (C=O) groups excluding carboxylic acids is 1. The molecule has 84 valence electrons. The summed E-state index contributed by atoms with van der Waals surface area (Å²) in [6.45, 7) is 0.773. The summed E-state index contributed by atoms with van der Waals surface area (Å²) in [5.41, 5.74) is 7.36. The molecule has 1 aromatic rings. The lowest BCUT2D eigenvalue weighted by Crippen LogP contribution is -2.49. The summed E-state index contributed by atoms with van der Waals surface area (Å²) < 4.78 is 0. The summed E-state index contributed by atoms with van der Waals surface area (Å²) in [5.74, 6) is 0. The monoisotopic (exact) mass is 217 g/mol. The van der Waals surface area contributed by atoms with Gasteiger partial charge in [0.25, 0.3) is 0 Å². The molecule has 1 aromatic carbocycles. The van der Waals surface area contributed by atoms with Gasteiger partial charge in [-0.1, -0.05) is 6.07 Å². The second-order valence-electron chi connectivity index (χ2n) is 4.75. The molecule has 4 nitrogen and oxygen atoms in total. The maximum atomic E-state index is 11.9. The molecule has 16 heavy (non-hydrogen) atoms. The number of amides is 2. The van der Waals surface area contributed by atoms with Crippen LogP contribution in [-0.4, -0.2) is 18.1 Å². The van der Waals surface area contributed by atoms with Gasteiger partial charge in [0.05, 0.1) is 12.1 Å². The van der Waals surface area contributed by atoms with E-state index in [2.05, 4.69) is 5.32 Å². The van der Waals surface area contributed by atoms with Gasteiger partial charge in [-0.3, -0.25) is 4.90 Å². The zero-order chi connectivity index (χ0) is 11.2. The van der Waals surface area contributed by atoms with Gasteiger partial charge < -0.3 is 11.1 Å². The number of hydrogen-bond donors (Lipinski definition) is 2. The van der Waals surface area contributed by atoms with Gasteiger partial charge >= 0.3 is 6.03 Å². The Morgan fingerprint density at radius 3 is 2.75 bits per heavy atom. The largest absolute Gasteiger partial charge is 0.399 e. The number of rotatable bonds is 1. The predicted octanol–water partition coefficient (Wildman–Crippen LogP) is 1.72. The van der Waals surface area contributed by atoms with Crippen molar-refractivity contribution in [2.24, 2.45) is 0 Å². The first-order chi connectivity index (χ1) is 7.69. The van der Waals surface area contributed by atoms with Crippen molar-refractivity contribution in [3.8, 4) is 0 Å². The fourth-order valence-electron chi connectivity index (χ4n) is 2.50. The van der Waals surface area contributed by atoms with Gasteiger partial charge in [-0.25, -0.2) is 4.79 Å². The van der Waals surface area contributed by atoms with Gasteiger partial charge in [0.1, 0.15) is 0 Å². The maximum Gasteiger partial charge on any atom is 0.322 e. The van der Waals surface area contributed by atoms with Crippen LogP contribution < -0.4 is 16.0 Å². The third-order valence-electron chi connectivity index (χ3n) is 3.57. The third kappa shape index (κ3) is 1.33. The molecule has 0 radical (unpaired) electrons. The molecule has 2 fully saturated rings. The van der Waals surface area contributed by atoms with E-state index in [9.17, 15) is 4.79 Å². The molecule has 2 aliphatic rings. The average molecular weight is 217 g/mol. The van der Waals surface area contributed by atoms with Crippen LogP contribution in [0.4, 0.5) is 16.2 Å². The fourth-order valence-corrected chi connectivity index (χ4v) is 2.50. The molecule has 1 saturated heterocycles. The van der Waals surface area contributed by atoms with Gasteiger partial charge in [-0.15, -0.1) is 0 Å². The Morgan fingerprint density at radius 1 is 1.38 bits per heavy atom. The van der Waals surface area contributed by atoms with Crippen LogP contribution in [-0.2, 0) is 0 Å². The van der Waals surface area contributed by atoms with E-state index in [-0.39, 0.29) is 11.6 Å². The second-order valence-corrected chi connectivity index (χ2v) is 4.75. The zero-order valence-corrected chi connectivity index (χ0v) is 9.07. The van der Waals surface area contributed by atoms with E-state index in [0.717, 1.165) is 25.1 Å². The van der Waals surface area contributed by atoms with E-state index < -0.39 is 0 Å². The van der Waals surface area contributed by atoms with Crippen molar-refractivity contribution in [2.45, 2.75) is 24.8 Å². The van der Waals surface area contributed by atoms with Crippen LogP contribution in [0.25, 0.3) is 0 Å². The molecule has 1 saturated carbocycles. The Morgan fingerprint density at radius 2 is 2.19 bits per heavy atom. The molecule has 3 rings (SSSR count). The summed E-state index contributed by atoms with van der Waals surface area (Å²) in [5, 5.41) is 3.08. The molecule has 1 aliphatic carbocycles. The van der Waals surface area contributed by atoms with Crippen molar-refractivity contribution in [2.75, 3.05) is 17.2 Å². The second kappa shape index (κ2) is 3.14. The highest BCUT2D eigenvalue weighted by molar-refractivity contribution is 5.95. The quantitative estimate of drug-likeness (QED) is 0.704. The van der Waals surface area contributed by atoms with E-state index >= 15 is 0 Å². The van der Waals surface area contributed by atoms with Crippen LogP contribution in [0.15, 0.2) is 24.3 Å². The summed E-state index contributed by atoms with van der Waals surface area (Å²) >= 11 is 0. The molecule has 0 bridgehead atoms. The molecule has 1 spiro atoms. The van der Waals surface area contributed by atoms with Gasteiger partial charge in [0.2, 0.25) is 0 Å². The zero-order valence-electron chi connectivity index (χ0n) is 9.07. The minimum absolute atomic E-state index is 0.00491. The topological polar surface area (TPSA) is 58.4 Å². The van der Waals surface area contributed by atoms with Crippen LogP contribution in [0.5, 0.6) is 0 Å². The van der Waals surface area contributed by atoms with E-state index in [4.69, 9.17) is 5.73 Å². The van der Waals surface area contributed by atoms with Crippen LogP contribution >= 0.6 is 0 Å². The molecular formula is C12H15N3O. The van der Waals surface area contributed by atoms with Crippen molar-refractivity contribution >= 4 is 17.4 Å². The molecule has 0 unspecified atom stereocenters. The summed E-state index contributed by atoms with van der Waals surface area (Å²) in [6, 6.07) is 7.48. The maximum absolute atomic E-state index is 11.9.